The number of nitrogens with one attached hydrogen (secondary N) is 1. The Morgan fingerprint density at radius 3 is 2.80 bits per heavy atom. The van der Waals surface area contributed by atoms with E-state index in [4.69, 9.17) is 27.9 Å². The lowest BCUT2D eigenvalue weighted by Crippen LogP contribution is -2.38. The second kappa shape index (κ2) is 4.39. The van der Waals surface area contributed by atoms with E-state index in [1.165, 1.54) is 0 Å². The maximum absolute atomic E-state index is 10.9. The molecular weight excluding hydrogens is 237 g/mol. The highest BCUT2D eigenvalue weighted by molar-refractivity contribution is 6.35. The smallest absolute Gasteiger partial charge is 0.246 e. The van der Waals surface area contributed by atoms with Crippen molar-refractivity contribution in [2.45, 2.75) is 6.10 Å². The summed E-state index contributed by atoms with van der Waals surface area (Å²) >= 11 is 11.8. The Bertz CT molecular complexity index is 385. The van der Waals surface area contributed by atoms with Gasteiger partial charge in [-0.3, -0.25) is 4.79 Å². The standard InChI is InChI=1S/C10H9Cl2NO2/c11-6-1-2-7(8(12)3-6)9-4-13-10(14)5-15-9/h1-3,9H,4-5H2,(H,13,14)/t9-/m1/s1. The molecular formula is C10H9Cl2NO2. The second-order valence-corrected chi connectivity index (χ2v) is 4.11. The zero-order chi connectivity index (χ0) is 10.8. The highest BCUT2D eigenvalue weighted by Gasteiger charge is 2.21. The lowest BCUT2D eigenvalue weighted by molar-refractivity contribution is -0.133. The summed E-state index contributed by atoms with van der Waals surface area (Å²) in [6.45, 7) is 0.518. The van der Waals surface area contributed by atoms with Gasteiger partial charge in [0.2, 0.25) is 5.91 Å². The molecule has 1 saturated heterocycles. The molecule has 1 fully saturated rings. The van der Waals surface area contributed by atoms with Gasteiger partial charge in [0.05, 0.1) is 0 Å². The number of carbonyl (C=O) groups is 1. The third-order valence-electron chi connectivity index (χ3n) is 2.21. The van der Waals surface area contributed by atoms with Crippen molar-refractivity contribution in [3.63, 3.8) is 0 Å². The number of hydrogen-bond acceptors (Lipinski definition) is 2. The van der Waals surface area contributed by atoms with Crippen LogP contribution in [0.2, 0.25) is 10.0 Å². The quantitative estimate of drug-likeness (QED) is 0.824. The minimum atomic E-state index is -0.188. The summed E-state index contributed by atoms with van der Waals surface area (Å²) in [5, 5.41) is 3.86. The first-order chi connectivity index (χ1) is 7.16. The van der Waals surface area contributed by atoms with Crippen molar-refractivity contribution >= 4 is 29.1 Å². The van der Waals surface area contributed by atoms with Crippen molar-refractivity contribution in [3.8, 4) is 0 Å². The van der Waals surface area contributed by atoms with Crippen LogP contribution in [0.15, 0.2) is 18.2 Å². The average molecular weight is 246 g/mol. The topological polar surface area (TPSA) is 38.3 Å². The maximum atomic E-state index is 10.9. The number of hydrogen-bond donors (Lipinski definition) is 1. The molecule has 2 rings (SSSR count). The fraction of sp³-hybridized carbons (Fsp3) is 0.300. The number of morpholine rings is 1. The molecule has 1 heterocycles. The molecule has 1 amide bonds. The van der Waals surface area contributed by atoms with Gasteiger partial charge in [0.25, 0.3) is 0 Å². The van der Waals surface area contributed by atoms with Crippen LogP contribution >= 0.6 is 23.2 Å². The van der Waals surface area contributed by atoms with Gasteiger partial charge in [-0.05, 0) is 12.1 Å². The molecule has 1 N–H and O–H groups in total. The van der Waals surface area contributed by atoms with Crippen LogP contribution in [0.1, 0.15) is 11.7 Å². The lowest BCUT2D eigenvalue weighted by atomic mass is 10.1. The zero-order valence-corrected chi connectivity index (χ0v) is 9.31. The molecule has 3 nitrogen and oxygen atoms in total. The number of rotatable bonds is 1. The fourth-order valence-electron chi connectivity index (χ4n) is 1.46. The molecule has 1 aromatic carbocycles. The predicted molar refractivity (Wildman–Crippen MR) is 58.2 cm³/mol. The van der Waals surface area contributed by atoms with Gasteiger partial charge in [-0.1, -0.05) is 29.3 Å². The first kappa shape index (κ1) is 10.7. The Morgan fingerprint density at radius 1 is 1.40 bits per heavy atom. The van der Waals surface area contributed by atoms with Crippen molar-refractivity contribution in [3.05, 3.63) is 33.8 Å². The van der Waals surface area contributed by atoms with E-state index < -0.39 is 0 Å². The third kappa shape index (κ3) is 2.43. The summed E-state index contributed by atoms with van der Waals surface area (Å²) in [4.78, 5) is 10.9. The van der Waals surface area contributed by atoms with E-state index in [2.05, 4.69) is 5.32 Å². The van der Waals surface area contributed by atoms with E-state index >= 15 is 0 Å². The van der Waals surface area contributed by atoms with Gasteiger partial charge in [-0.2, -0.15) is 0 Å². The van der Waals surface area contributed by atoms with E-state index in [1.807, 2.05) is 6.07 Å². The lowest BCUT2D eigenvalue weighted by Gasteiger charge is -2.24. The monoisotopic (exact) mass is 245 g/mol. The van der Waals surface area contributed by atoms with Gasteiger partial charge in [-0.15, -0.1) is 0 Å². The molecule has 1 atom stereocenters. The van der Waals surface area contributed by atoms with Crippen LogP contribution in [-0.4, -0.2) is 19.1 Å². The Morgan fingerprint density at radius 2 is 2.20 bits per heavy atom. The Kier molecular flexibility index (Phi) is 3.14. The van der Waals surface area contributed by atoms with Crippen LogP contribution in [0.5, 0.6) is 0 Å². The van der Waals surface area contributed by atoms with E-state index in [0.29, 0.717) is 16.6 Å². The Hall–Kier alpha value is -0.770. The number of amides is 1. The molecule has 15 heavy (non-hydrogen) atoms. The summed E-state index contributed by atoms with van der Waals surface area (Å²) in [5.41, 5.74) is 0.848. The van der Waals surface area contributed by atoms with Crippen molar-refractivity contribution in [2.75, 3.05) is 13.2 Å². The fourth-order valence-corrected chi connectivity index (χ4v) is 1.99. The molecule has 0 radical (unpaired) electrons. The molecule has 0 bridgehead atoms. The first-order valence-corrected chi connectivity index (χ1v) is 5.25. The Balaban J connectivity index is 2.19. The number of ether oxygens (including phenoxy) is 1. The molecule has 0 aromatic heterocycles. The minimum Gasteiger partial charge on any atom is -0.362 e. The Labute approximate surface area is 97.3 Å². The highest BCUT2D eigenvalue weighted by atomic mass is 35.5. The second-order valence-electron chi connectivity index (χ2n) is 3.27. The molecule has 0 unspecified atom stereocenters. The summed E-state index contributed by atoms with van der Waals surface area (Å²) in [6.07, 6.45) is -0.188. The maximum Gasteiger partial charge on any atom is 0.246 e. The van der Waals surface area contributed by atoms with Gasteiger partial charge >= 0.3 is 0 Å². The van der Waals surface area contributed by atoms with Crippen LogP contribution < -0.4 is 5.32 Å². The van der Waals surface area contributed by atoms with Crippen LogP contribution in [0, 0.1) is 0 Å². The largest absolute Gasteiger partial charge is 0.362 e. The summed E-state index contributed by atoms with van der Waals surface area (Å²) in [6, 6.07) is 5.23. The van der Waals surface area contributed by atoms with Crippen molar-refractivity contribution in [2.24, 2.45) is 0 Å². The molecule has 5 heteroatoms. The summed E-state index contributed by atoms with van der Waals surface area (Å²) in [5.74, 6) is -0.101. The van der Waals surface area contributed by atoms with Crippen LogP contribution in [0.4, 0.5) is 0 Å². The van der Waals surface area contributed by atoms with Crippen molar-refractivity contribution < 1.29 is 9.53 Å². The highest BCUT2D eigenvalue weighted by Crippen LogP contribution is 2.28. The third-order valence-corrected chi connectivity index (χ3v) is 2.77. The van der Waals surface area contributed by atoms with Crippen LogP contribution in [0.25, 0.3) is 0 Å². The van der Waals surface area contributed by atoms with Crippen molar-refractivity contribution in [1.29, 1.82) is 0 Å². The SMILES string of the molecule is O=C1CO[C@@H](c2ccc(Cl)cc2Cl)CN1. The van der Waals surface area contributed by atoms with Crippen LogP contribution in [0.3, 0.4) is 0 Å². The van der Waals surface area contributed by atoms with Gasteiger partial charge < -0.3 is 10.1 Å². The zero-order valence-electron chi connectivity index (χ0n) is 7.80. The van der Waals surface area contributed by atoms with Gasteiger partial charge in [-0.25, -0.2) is 0 Å². The molecule has 0 saturated carbocycles. The molecule has 0 spiro atoms. The van der Waals surface area contributed by atoms with E-state index in [0.717, 1.165) is 5.56 Å². The number of halogens is 2. The predicted octanol–water partition coefficient (Wildman–Crippen LogP) is 2.18. The normalized spacial score (nSPS) is 21.2. The van der Waals surface area contributed by atoms with Gasteiger partial charge in [0.1, 0.15) is 12.7 Å². The molecule has 80 valence electrons. The average Bonchev–Trinajstić information content (AvgIpc) is 2.20. The number of benzene rings is 1. The van der Waals surface area contributed by atoms with Crippen LogP contribution in [-0.2, 0) is 9.53 Å². The summed E-state index contributed by atoms with van der Waals surface area (Å²) < 4.78 is 5.36. The van der Waals surface area contributed by atoms with Crippen molar-refractivity contribution in [1.82, 2.24) is 5.32 Å². The van der Waals surface area contributed by atoms with E-state index in [1.54, 1.807) is 12.1 Å². The molecule has 1 aliphatic rings. The van der Waals surface area contributed by atoms with E-state index in [9.17, 15) is 4.79 Å². The molecule has 0 aliphatic carbocycles. The minimum absolute atomic E-state index is 0.0730. The van der Waals surface area contributed by atoms with Gasteiger partial charge in [0.15, 0.2) is 0 Å². The van der Waals surface area contributed by atoms with Gasteiger partial charge in [0, 0.05) is 22.2 Å². The molecule has 1 aliphatic heterocycles. The first-order valence-electron chi connectivity index (χ1n) is 4.50. The molecule has 1 aromatic rings. The van der Waals surface area contributed by atoms with E-state index in [-0.39, 0.29) is 18.6 Å². The summed E-state index contributed by atoms with van der Waals surface area (Å²) in [7, 11) is 0. The number of carbonyl (C=O) groups excluding carboxylic acids is 1.